The molecule has 1 heterocycles. The van der Waals surface area contributed by atoms with Crippen LogP contribution in [-0.4, -0.2) is 24.1 Å². The summed E-state index contributed by atoms with van der Waals surface area (Å²) in [6.07, 6.45) is 0. The van der Waals surface area contributed by atoms with Crippen LogP contribution in [0.2, 0.25) is 0 Å². The molecular formula is C21H23N3O3S. The van der Waals surface area contributed by atoms with E-state index in [0.717, 1.165) is 5.69 Å². The maximum Gasteiger partial charge on any atom is 0.273 e. The number of hydrogen-bond donors (Lipinski definition) is 1. The molecule has 7 heteroatoms. The number of hydrogen-bond acceptors (Lipinski definition) is 4. The summed E-state index contributed by atoms with van der Waals surface area (Å²) >= 11 is 0. The maximum atomic E-state index is 12.8. The summed E-state index contributed by atoms with van der Waals surface area (Å²) in [5, 5.41) is 7.16. The van der Waals surface area contributed by atoms with Crippen molar-refractivity contribution in [2.24, 2.45) is 7.05 Å². The molecule has 1 N–H and O–H groups in total. The average molecular weight is 398 g/mol. The van der Waals surface area contributed by atoms with Crippen LogP contribution < -0.4 is 5.32 Å². The molecule has 0 radical (unpaired) electrons. The third-order valence-electron chi connectivity index (χ3n) is 4.34. The molecule has 3 aromatic rings. The van der Waals surface area contributed by atoms with Gasteiger partial charge in [-0.05, 0) is 36.4 Å². The van der Waals surface area contributed by atoms with E-state index in [4.69, 9.17) is 0 Å². The van der Waals surface area contributed by atoms with Gasteiger partial charge in [0, 0.05) is 18.2 Å². The first-order valence-corrected chi connectivity index (χ1v) is 10.3. The number of aromatic nitrogens is 2. The summed E-state index contributed by atoms with van der Waals surface area (Å²) in [6, 6.07) is 16.2. The minimum atomic E-state index is -3.65. The highest BCUT2D eigenvalue weighted by Gasteiger charge is 2.22. The molecule has 28 heavy (non-hydrogen) atoms. The third-order valence-corrected chi connectivity index (χ3v) is 6.10. The molecule has 0 fully saturated rings. The molecule has 0 bridgehead atoms. The smallest absolute Gasteiger partial charge is 0.273 e. The Morgan fingerprint density at radius 1 is 0.964 bits per heavy atom. The van der Waals surface area contributed by atoms with E-state index < -0.39 is 9.84 Å². The fourth-order valence-corrected chi connectivity index (χ4v) is 4.05. The van der Waals surface area contributed by atoms with Crippen LogP contribution in [0.3, 0.4) is 0 Å². The fourth-order valence-electron chi connectivity index (χ4n) is 2.72. The second-order valence-electron chi connectivity index (χ2n) is 7.59. The number of aryl methyl sites for hydroxylation is 1. The highest BCUT2D eigenvalue weighted by atomic mass is 32.2. The van der Waals surface area contributed by atoms with Crippen molar-refractivity contribution >= 4 is 21.4 Å². The molecule has 0 saturated heterocycles. The van der Waals surface area contributed by atoms with E-state index in [1.807, 2.05) is 20.8 Å². The van der Waals surface area contributed by atoms with Gasteiger partial charge in [0.1, 0.15) is 5.69 Å². The van der Waals surface area contributed by atoms with Gasteiger partial charge in [-0.25, -0.2) is 8.42 Å². The molecule has 0 saturated carbocycles. The van der Waals surface area contributed by atoms with Crippen LogP contribution in [0.15, 0.2) is 70.5 Å². The molecule has 1 aromatic heterocycles. The van der Waals surface area contributed by atoms with Gasteiger partial charge in [-0.2, -0.15) is 5.10 Å². The second-order valence-corrected chi connectivity index (χ2v) is 9.54. The van der Waals surface area contributed by atoms with Crippen LogP contribution in [0.1, 0.15) is 37.0 Å². The van der Waals surface area contributed by atoms with Gasteiger partial charge in [0.05, 0.1) is 15.5 Å². The van der Waals surface area contributed by atoms with Crippen molar-refractivity contribution in [2.45, 2.75) is 36.0 Å². The lowest BCUT2D eigenvalue weighted by Gasteiger charge is -2.13. The van der Waals surface area contributed by atoms with Crippen LogP contribution in [0.4, 0.5) is 5.69 Å². The van der Waals surface area contributed by atoms with Crippen molar-refractivity contribution in [2.75, 3.05) is 5.32 Å². The molecule has 0 aliphatic heterocycles. The highest BCUT2D eigenvalue weighted by molar-refractivity contribution is 7.91. The Morgan fingerprint density at radius 2 is 1.61 bits per heavy atom. The lowest BCUT2D eigenvalue weighted by atomic mass is 9.92. The first-order chi connectivity index (χ1) is 13.1. The maximum absolute atomic E-state index is 12.8. The molecule has 0 spiro atoms. The Morgan fingerprint density at radius 3 is 2.21 bits per heavy atom. The van der Waals surface area contributed by atoms with Crippen molar-refractivity contribution in [3.63, 3.8) is 0 Å². The molecule has 146 valence electrons. The largest absolute Gasteiger partial charge is 0.321 e. The Bertz CT molecular complexity index is 1110. The van der Waals surface area contributed by atoms with Gasteiger partial charge in [-0.15, -0.1) is 0 Å². The van der Waals surface area contributed by atoms with E-state index in [1.54, 1.807) is 55.6 Å². The van der Waals surface area contributed by atoms with Crippen LogP contribution in [0.25, 0.3) is 0 Å². The van der Waals surface area contributed by atoms with E-state index in [2.05, 4.69) is 10.4 Å². The van der Waals surface area contributed by atoms with E-state index >= 15 is 0 Å². The van der Waals surface area contributed by atoms with E-state index in [9.17, 15) is 13.2 Å². The van der Waals surface area contributed by atoms with Crippen LogP contribution in [0.5, 0.6) is 0 Å². The van der Waals surface area contributed by atoms with Crippen molar-refractivity contribution < 1.29 is 13.2 Å². The number of benzene rings is 2. The Labute approximate surface area is 165 Å². The zero-order valence-electron chi connectivity index (χ0n) is 16.3. The SMILES string of the molecule is Cn1nc(C(C)(C)C)cc1C(=O)Nc1cccc(S(=O)(=O)c2ccccc2)c1. The summed E-state index contributed by atoms with van der Waals surface area (Å²) in [7, 11) is -1.95. The van der Waals surface area contributed by atoms with Gasteiger partial charge in [0.25, 0.3) is 5.91 Å². The number of rotatable bonds is 4. The number of amides is 1. The number of nitrogens with zero attached hydrogens (tertiary/aromatic N) is 2. The Kier molecular flexibility index (Phi) is 5.12. The normalized spacial score (nSPS) is 12.0. The zero-order valence-corrected chi connectivity index (χ0v) is 17.1. The predicted octanol–water partition coefficient (Wildman–Crippen LogP) is 3.80. The number of sulfone groups is 1. The molecule has 0 aliphatic carbocycles. The molecule has 3 rings (SSSR count). The summed E-state index contributed by atoms with van der Waals surface area (Å²) < 4.78 is 27.1. The average Bonchev–Trinajstić information content (AvgIpc) is 3.05. The first kappa shape index (κ1) is 19.8. The first-order valence-electron chi connectivity index (χ1n) is 8.85. The molecule has 2 aromatic carbocycles. The van der Waals surface area contributed by atoms with Gasteiger partial charge < -0.3 is 5.32 Å². The third kappa shape index (κ3) is 3.99. The van der Waals surface area contributed by atoms with Gasteiger partial charge in [-0.3, -0.25) is 9.48 Å². The summed E-state index contributed by atoms with van der Waals surface area (Å²) in [6.45, 7) is 6.07. The van der Waals surface area contributed by atoms with Crippen LogP contribution in [-0.2, 0) is 22.3 Å². The highest BCUT2D eigenvalue weighted by Crippen LogP contribution is 2.24. The fraction of sp³-hybridized carbons (Fsp3) is 0.238. The standard InChI is InChI=1S/C21H23N3O3S/c1-21(2,3)19-14-18(24(4)23-19)20(25)22-15-9-8-12-17(13-15)28(26,27)16-10-6-5-7-11-16/h5-14H,1-4H3,(H,22,25). The summed E-state index contributed by atoms with van der Waals surface area (Å²) in [5.74, 6) is -0.347. The van der Waals surface area contributed by atoms with Crippen LogP contribution in [0, 0.1) is 0 Å². The molecule has 6 nitrogen and oxygen atoms in total. The number of carbonyl (C=O) groups excluding carboxylic acids is 1. The Balaban J connectivity index is 1.88. The number of carbonyl (C=O) groups is 1. The molecule has 0 atom stereocenters. The lowest BCUT2D eigenvalue weighted by Crippen LogP contribution is -2.16. The molecular weight excluding hydrogens is 374 g/mol. The van der Waals surface area contributed by atoms with Crippen LogP contribution >= 0.6 is 0 Å². The Hall–Kier alpha value is -2.93. The van der Waals surface area contributed by atoms with E-state index in [1.165, 1.54) is 16.8 Å². The summed E-state index contributed by atoms with van der Waals surface area (Å²) in [5.41, 5.74) is 1.43. The van der Waals surface area contributed by atoms with Gasteiger partial charge >= 0.3 is 0 Å². The van der Waals surface area contributed by atoms with Crippen molar-refractivity contribution in [3.05, 3.63) is 72.1 Å². The molecule has 0 aliphatic rings. The molecule has 1 amide bonds. The monoisotopic (exact) mass is 397 g/mol. The van der Waals surface area contributed by atoms with Crippen molar-refractivity contribution in [1.29, 1.82) is 0 Å². The lowest BCUT2D eigenvalue weighted by molar-refractivity contribution is 0.101. The quantitative estimate of drug-likeness (QED) is 0.726. The molecule has 0 unspecified atom stereocenters. The number of nitrogens with one attached hydrogen (secondary N) is 1. The summed E-state index contributed by atoms with van der Waals surface area (Å²) in [4.78, 5) is 13.0. The van der Waals surface area contributed by atoms with Gasteiger partial charge in [0.15, 0.2) is 0 Å². The number of anilines is 1. The van der Waals surface area contributed by atoms with E-state index in [0.29, 0.717) is 11.4 Å². The zero-order chi connectivity index (χ0) is 20.5. The van der Waals surface area contributed by atoms with Crippen molar-refractivity contribution in [1.82, 2.24) is 9.78 Å². The van der Waals surface area contributed by atoms with Gasteiger partial charge in [-0.1, -0.05) is 45.0 Å². The topological polar surface area (TPSA) is 81.1 Å². The van der Waals surface area contributed by atoms with Gasteiger partial charge in [0.2, 0.25) is 9.84 Å². The predicted molar refractivity (Wildman–Crippen MR) is 108 cm³/mol. The minimum absolute atomic E-state index is 0.122. The van der Waals surface area contributed by atoms with E-state index in [-0.39, 0.29) is 21.1 Å². The minimum Gasteiger partial charge on any atom is -0.321 e. The van der Waals surface area contributed by atoms with Crippen molar-refractivity contribution in [3.8, 4) is 0 Å². The second kappa shape index (κ2) is 7.24.